The van der Waals surface area contributed by atoms with Crippen LogP contribution >= 0.6 is 0 Å². The molecule has 1 aromatic heterocycles. The van der Waals surface area contributed by atoms with Crippen molar-refractivity contribution in [1.29, 1.82) is 0 Å². The molecule has 0 unspecified atom stereocenters. The number of rotatable bonds is 2. The van der Waals surface area contributed by atoms with Crippen molar-refractivity contribution >= 4 is 16.9 Å². The highest BCUT2D eigenvalue weighted by atomic mass is 16.5. The number of nitrogens with zero attached hydrogens (tertiary/aromatic N) is 1. The summed E-state index contributed by atoms with van der Waals surface area (Å²) < 4.78 is 9.81. The third kappa shape index (κ3) is 1.69. The van der Waals surface area contributed by atoms with E-state index in [1.165, 1.54) is 7.11 Å². The number of pyridine rings is 1. The van der Waals surface area contributed by atoms with Gasteiger partial charge in [0.1, 0.15) is 11.4 Å². The predicted molar refractivity (Wildman–Crippen MR) is 59.6 cm³/mol. The maximum Gasteiger partial charge on any atom is 0.356 e. The van der Waals surface area contributed by atoms with Gasteiger partial charge in [-0.2, -0.15) is 0 Å². The first-order valence-electron chi connectivity index (χ1n) is 4.78. The van der Waals surface area contributed by atoms with Crippen LogP contribution in [-0.2, 0) is 4.74 Å². The van der Waals surface area contributed by atoms with Crippen LogP contribution in [0.5, 0.6) is 5.75 Å². The summed E-state index contributed by atoms with van der Waals surface area (Å²) in [5.41, 5.74) is 1.01. The van der Waals surface area contributed by atoms with Gasteiger partial charge in [-0.15, -0.1) is 0 Å². The molecule has 0 saturated heterocycles. The molecule has 0 bridgehead atoms. The predicted octanol–water partition coefficient (Wildman–Crippen LogP) is 2.03. The number of esters is 1. The molecule has 0 fully saturated rings. The summed E-state index contributed by atoms with van der Waals surface area (Å²) in [4.78, 5) is 15.5. The van der Waals surface area contributed by atoms with Crippen LogP contribution in [0.4, 0.5) is 0 Å². The molecule has 0 amide bonds. The van der Waals surface area contributed by atoms with Crippen LogP contribution in [0.15, 0.2) is 30.3 Å². The Balaban J connectivity index is 2.59. The van der Waals surface area contributed by atoms with E-state index in [1.54, 1.807) is 19.2 Å². The van der Waals surface area contributed by atoms with Crippen LogP contribution in [0, 0.1) is 0 Å². The Morgan fingerprint density at radius 3 is 2.69 bits per heavy atom. The first kappa shape index (κ1) is 10.4. The molecule has 0 aliphatic carbocycles. The lowest BCUT2D eigenvalue weighted by Gasteiger charge is -2.05. The normalized spacial score (nSPS) is 10.1. The van der Waals surface area contributed by atoms with Gasteiger partial charge < -0.3 is 9.47 Å². The highest BCUT2D eigenvalue weighted by Crippen LogP contribution is 2.23. The van der Waals surface area contributed by atoms with E-state index in [1.807, 2.05) is 18.2 Å². The number of benzene rings is 1. The second kappa shape index (κ2) is 4.18. The molecule has 2 aromatic rings. The van der Waals surface area contributed by atoms with Crippen LogP contribution < -0.4 is 4.74 Å². The zero-order valence-corrected chi connectivity index (χ0v) is 9.06. The monoisotopic (exact) mass is 217 g/mol. The molecule has 1 heterocycles. The number of carbonyl (C=O) groups excluding carboxylic acids is 1. The van der Waals surface area contributed by atoms with Gasteiger partial charge in [-0.3, -0.25) is 0 Å². The van der Waals surface area contributed by atoms with Gasteiger partial charge in [0.2, 0.25) is 0 Å². The van der Waals surface area contributed by atoms with Crippen LogP contribution in [0.2, 0.25) is 0 Å². The summed E-state index contributed by atoms with van der Waals surface area (Å²) >= 11 is 0. The van der Waals surface area contributed by atoms with Crippen molar-refractivity contribution in [3.05, 3.63) is 36.0 Å². The van der Waals surface area contributed by atoms with Gasteiger partial charge in [-0.25, -0.2) is 9.78 Å². The molecule has 4 heteroatoms. The van der Waals surface area contributed by atoms with E-state index >= 15 is 0 Å². The fourth-order valence-corrected chi connectivity index (χ4v) is 1.52. The Kier molecular flexibility index (Phi) is 2.72. The summed E-state index contributed by atoms with van der Waals surface area (Å²) in [6.45, 7) is 0. The average molecular weight is 217 g/mol. The second-order valence-corrected chi connectivity index (χ2v) is 3.22. The van der Waals surface area contributed by atoms with Crippen molar-refractivity contribution in [2.75, 3.05) is 14.2 Å². The minimum absolute atomic E-state index is 0.295. The van der Waals surface area contributed by atoms with Crippen molar-refractivity contribution in [3.63, 3.8) is 0 Å². The molecule has 2 rings (SSSR count). The molecular weight excluding hydrogens is 206 g/mol. The first-order valence-corrected chi connectivity index (χ1v) is 4.78. The van der Waals surface area contributed by atoms with E-state index in [9.17, 15) is 4.79 Å². The number of ether oxygens (including phenoxy) is 2. The van der Waals surface area contributed by atoms with Gasteiger partial charge in [0.25, 0.3) is 0 Å². The molecule has 0 N–H and O–H groups in total. The van der Waals surface area contributed by atoms with Crippen LogP contribution in [0.3, 0.4) is 0 Å². The number of aromatic nitrogens is 1. The Labute approximate surface area is 92.8 Å². The zero-order valence-electron chi connectivity index (χ0n) is 9.06. The third-order valence-corrected chi connectivity index (χ3v) is 2.31. The Morgan fingerprint density at radius 1 is 1.19 bits per heavy atom. The Hall–Kier alpha value is -2.10. The number of hydrogen-bond acceptors (Lipinski definition) is 4. The molecule has 0 atom stereocenters. The van der Waals surface area contributed by atoms with Crippen molar-refractivity contribution in [2.24, 2.45) is 0 Å². The standard InChI is InChI=1S/C12H11NO3/c1-15-11-5-3-4-9-8(11)6-7-10(13-9)12(14)16-2/h3-7H,1-2H3. The first-order chi connectivity index (χ1) is 7.76. The summed E-state index contributed by atoms with van der Waals surface area (Å²) in [5, 5.41) is 0.873. The highest BCUT2D eigenvalue weighted by molar-refractivity contribution is 5.92. The molecule has 4 nitrogen and oxygen atoms in total. The number of methoxy groups -OCH3 is 2. The molecule has 0 aliphatic rings. The Bertz CT molecular complexity index is 537. The van der Waals surface area contributed by atoms with Gasteiger partial charge in [-0.1, -0.05) is 6.07 Å². The molecule has 0 aliphatic heterocycles. The summed E-state index contributed by atoms with van der Waals surface area (Å²) in [5.74, 6) is 0.297. The number of fused-ring (bicyclic) bond motifs is 1. The van der Waals surface area contributed by atoms with Gasteiger partial charge in [-0.05, 0) is 24.3 Å². The quantitative estimate of drug-likeness (QED) is 0.722. The SMILES string of the molecule is COC(=O)c1ccc2c(OC)cccc2n1. The van der Waals surface area contributed by atoms with Crippen molar-refractivity contribution < 1.29 is 14.3 Å². The van der Waals surface area contributed by atoms with E-state index in [0.29, 0.717) is 11.2 Å². The largest absolute Gasteiger partial charge is 0.496 e. The molecule has 0 saturated carbocycles. The van der Waals surface area contributed by atoms with E-state index in [2.05, 4.69) is 9.72 Å². The van der Waals surface area contributed by atoms with E-state index in [0.717, 1.165) is 11.1 Å². The van der Waals surface area contributed by atoms with E-state index < -0.39 is 5.97 Å². The van der Waals surface area contributed by atoms with E-state index in [4.69, 9.17) is 4.74 Å². The third-order valence-electron chi connectivity index (χ3n) is 2.31. The number of carbonyl (C=O) groups is 1. The number of hydrogen-bond donors (Lipinski definition) is 0. The maximum absolute atomic E-state index is 11.3. The molecule has 0 spiro atoms. The lowest BCUT2D eigenvalue weighted by molar-refractivity contribution is 0.0594. The van der Waals surface area contributed by atoms with Crippen LogP contribution in [0.1, 0.15) is 10.5 Å². The average Bonchev–Trinajstić information content (AvgIpc) is 2.36. The summed E-state index contributed by atoms with van der Waals surface area (Å²) in [6.07, 6.45) is 0. The minimum Gasteiger partial charge on any atom is -0.496 e. The van der Waals surface area contributed by atoms with Crippen LogP contribution in [0.25, 0.3) is 10.9 Å². The zero-order chi connectivity index (χ0) is 11.5. The Morgan fingerprint density at radius 2 is 2.00 bits per heavy atom. The van der Waals surface area contributed by atoms with Gasteiger partial charge in [0.15, 0.2) is 0 Å². The van der Waals surface area contributed by atoms with Gasteiger partial charge in [0, 0.05) is 5.39 Å². The van der Waals surface area contributed by atoms with Crippen LogP contribution in [-0.4, -0.2) is 25.2 Å². The fraction of sp³-hybridized carbons (Fsp3) is 0.167. The van der Waals surface area contributed by atoms with Crippen molar-refractivity contribution in [2.45, 2.75) is 0 Å². The smallest absolute Gasteiger partial charge is 0.356 e. The summed E-state index contributed by atoms with van der Waals surface area (Å²) in [6, 6.07) is 8.92. The molecule has 1 aromatic carbocycles. The van der Waals surface area contributed by atoms with Gasteiger partial charge >= 0.3 is 5.97 Å². The lowest BCUT2D eigenvalue weighted by Crippen LogP contribution is -2.03. The van der Waals surface area contributed by atoms with Crippen molar-refractivity contribution in [1.82, 2.24) is 4.98 Å². The topological polar surface area (TPSA) is 48.4 Å². The molecule has 82 valence electrons. The minimum atomic E-state index is -0.440. The second-order valence-electron chi connectivity index (χ2n) is 3.22. The fourth-order valence-electron chi connectivity index (χ4n) is 1.52. The van der Waals surface area contributed by atoms with Crippen molar-refractivity contribution in [3.8, 4) is 5.75 Å². The molecule has 0 radical (unpaired) electrons. The highest BCUT2D eigenvalue weighted by Gasteiger charge is 2.09. The lowest BCUT2D eigenvalue weighted by atomic mass is 10.2. The molecule has 16 heavy (non-hydrogen) atoms. The summed E-state index contributed by atoms with van der Waals surface area (Å²) in [7, 11) is 2.93. The van der Waals surface area contributed by atoms with Gasteiger partial charge in [0.05, 0.1) is 19.7 Å². The molecular formula is C12H11NO3. The van der Waals surface area contributed by atoms with E-state index in [-0.39, 0.29) is 0 Å². The maximum atomic E-state index is 11.3.